The molecule has 2 unspecified atom stereocenters. The maximum Gasteiger partial charge on any atom is 0.326 e. The third-order valence-corrected chi connectivity index (χ3v) is 10.0. The summed E-state index contributed by atoms with van der Waals surface area (Å²) in [5.41, 5.74) is 10.0. The van der Waals surface area contributed by atoms with Crippen molar-refractivity contribution in [3.63, 3.8) is 0 Å². The van der Waals surface area contributed by atoms with E-state index >= 15 is 0 Å². The molecule has 0 aliphatic carbocycles. The van der Waals surface area contributed by atoms with Gasteiger partial charge in [-0.3, -0.25) is 4.79 Å². The quantitative estimate of drug-likeness (QED) is 0.551. The third kappa shape index (κ3) is 5.16. The van der Waals surface area contributed by atoms with Gasteiger partial charge in [-0.05, 0) is 67.0 Å². The summed E-state index contributed by atoms with van der Waals surface area (Å²) in [6.07, 6.45) is 0.860. The summed E-state index contributed by atoms with van der Waals surface area (Å²) in [6, 6.07) is 14.3. The Morgan fingerprint density at radius 3 is 2.61 bits per heavy atom. The van der Waals surface area contributed by atoms with Crippen LogP contribution in [0.3, 0.4) is 0 Å². The van der Waals surface area contributed by atoms with Crippen LogP contribution in [0, 0.1) is 6.92 Å². The number of nitrogens with zero attached hydrogens (tertiary/aromatic N) is 1. The molecule has 0 aromatic heterocycles. The lowest BCUT2D eigenvalue weighted by Crippen LogP contribution is -2.58. The van der Waals surface area contributed by atoms with E-state index in [1.807, 2.05) is 18.2 Å². The second-order valence-electron chi connectivity index (χ2n) is 9.85. The van der Waals surface area contributed by atoms with E-state index in [2.05, 4.69) is 31.2 Å². The van der Waals surface area contributed by atoms with E-state index in [1.54, 1.807) is 6.92 Å². The Balaban J connectivity index is 1.47. The highest BCUT2D eigenvalue weighted by Gasteiger charge is 2.56. The van der Waals surface area contributed by atoms with Crippen molar-refractivity contribution in [3.05, 3.63) is 53.6 Å². The van der Waals surface area contributed by atoms with Crippen molar-refractivity contribution in [3.8, 4) is 16.9 Å². The van der Waals surface area contributed by atoms with Crippen molar-refractivity contribution < 1.29 is 27.8 Å². The number of carboxylic acids is 1. The number of hydrogen-bond donors (Lipinski definition) is 2. The monoisotopic (exact) mass is 516 g/mol. The van der Waals surface area contributed by atoms with Gasteiger partial charge < -0.3 is 20.3 Å². The Morgan fingerprint density at radius 1 is 1.22 bits per heavy atom. The number of benzene rings is 2. The minimum Gasteiger partial charge on any atom is -0.492 e. The predicted molar refractivity (Wildman–Crippen MR) is 139 cm³/mol. The summed E-state index contributed by atoms with van der Waals surface area (Å²) < 4.78 is 37.7. The fourth-order valence-corrected chi connectivity index (χ4v) is 7.65. The number of carboxylic acid groups (broad SMARTS) is 1. The van der Waals surface area contributed by atoms with Crippen molar-refractivity contribution in [1.82, 2.24) is 4.31 Å². The van der Waals surface area contributed by atoms with Crippen LogP contribution in [0.25, 0.3) is 11.1 Å². The number of aliphatic carboxylic acids is 1. The van der Waals surface area contributed by atoms with Gasteiger partial charge in [0.05, 0.1) is 6.10 Å². The minimum absolute atomic E-state index is 0.0198. The van der Waals surface area contributed by atoms with Gasteiger partial charge in [0.25, 0.3) is 0 Å². The lowest BCUT2D eigenvalue weighted by atomic mass is 9.87. The summed E-state index contributed by atoms with van der Waals surface area (Å²) in [6.45, 7) is 5.51. The Kier molecular flexibility index (Phi) is 8.04. The molecule has 4 rings (SSSR count). The van der Waals surface area contributed by atoms with Gasteiger partial charge in [-0.2, -0.15) is 0 Å². The minimum atomic E-state index is -4.01. The van der Waals surface area contributed by atoms with Gasteiger partial charge in [0.1, 0.15) is 12.4 Å². The number of rotatable bonds is 8. The highest BCUT2D eigenvalue weighted by Crippen LogP contribution is 2.39. The highest BCUT2D eigenvalue weighted by molar-refractivity contribution is 7.91. The van der Waals surface area contributed by atoms with Crippen LogP contribution >= 0.6 is 0 Å². The average Bonchev–Trinajstić information content (AvgIpc) is 2.87. The maximum absolute atomic E-state index is 13.5. The van der Waals surface area contributed by atoms with Crippen LogP contribution in [0.1, 0.15) is 49.7 Å². The second kappa shape index (κ2) is 10.9. The Bertz CT molecular complexity index is 1190. The number of hydrogen-bond acceptors (Lipinski definition) is 6. The first kappa shape index (κ1) is 26.6. The molecule has 2 aliphatic rings. The topological polar surface area (TPSA) is 119 Å². The van der Waals surface area contributed by atoms with Crippen molar-refractivity contribution in [1.29, 1.82) is 0 Å². The fraction of sp³-hybridized carbons (Fsp3) is 0.519. The first-order chi connectivity index (χ1) is 17.2. The molecular weight excluding hydrogens is 480 g/mol. The van der Waals surface area contributed by atoms with Gasteiger partial charge in [-0.15, -0.1) is 0 Å². The molecule has 196 valence electrons. The standard InChI is InChI=1S/C27H36N2O6S/c1-19-16-22(6-7-25(19)23-4-3-5-24(17-23)35-15-11-28)21-8-12-29(13-9-21)36(32,33)27(26(30)31)10-14-34-20(2)18-27/h3-7,16-17,20-21H,8-15,18,28H2,1-2H3,(H,30,31). The fourth-order valence-electron chi connectivity index (χ4n) is 5.46. The largest absolute Gasteiger partial charge is 0.492 e. The molecule has 0 saturated carbocycles. The maximum atomic E-state index is 13.5. The van der Waals surface area contributed by atoms with Gasteiger partial charge in [0, 0.05) is 39.1 Å². The summed E-state index contributed by atoms with van der Waals surface area (Å²) in [7, 11) is -4.01. The molecule has 0 radical (unpaired) electrons. The summed E-state index contributed by atoms with van der Waals surface area (Å²) in [5, 5.41) is 9.94. The number of ether oxygens (including phenoxy) is 2. The molecule has 0 bridgehead atoms. The van der Waals surface area contributed by atoms with Gasteiger partial charge in [-0.1, -0.05) is 30.3 Å². The number of aryl methyl sites for hydroxylation is 1. The molecule has 2 aliphatic heterocycles. The van der Waals surface area contributed by atoms with Gasteiger partial charge >= 0.3 is 5.97 Å². The predicted octanol–water partition coefficient (Wildman–Crippen LogP) is 3.53. The van der Waals surface area contributed by atoms with Crippen LogP contribution in [0.4, 0.5) is 0 Å². The molecular formula is C27H36N2O6S. The zero-order valence-electron chi connectivity index (χ0n) is 21.0. The molecule has 2 aromatic rings. The third-order valence-electron chi connectivity index (χ3n) is 7.46. The summed E-state index contributed by atoms with van der Waals surface area (Å²) in [5.74, 6) is -0.269. The first-order valence-corrected chi connectivity index (χ1v) is 14.0. The molecule has 8 nitrogen and oxygen atoms in total. The molecule has 2 fully saturated rings. The summed E-state index contributed by atoms with van der Waals surface area (Å²) in [4.78, 5) is 12.2. The molecule has 0 amide bonds. The average molecular weight is 517 g/mol. The van der Waals surface area contributed by atoms with Crippen molar-refractivity contribution >= 4 is 16.0 Å². The second-order valence-corrected chi connectivity index (χ2v) is 12.1. The Morgan fingerprint density at radius 2 is 1.97 bits per heavy atom. The Labute approximate surface area is 213 Å². The van der Waals surface area contributed by atoms with Crippen molar-refractivity contribution in [2.75, 3.05) is 32.8 Å². The van der Waals surface area contributed by atoms with Crippen LogP contribution in [0.5, 0.6) is 5.75 Å². The molecule has 2 aromatic carbocycles. The summed E-state index contributed by atoms with van der Waals surface area (Å²) >= 11 is 0. The van der Waals surface area contributed by atoms with E-state index in [0.29, 0.717) is 39.1 Å². The SMILES string of the molecule is Cc1cc(C2CCN(S(=O)(=O)C3(C(=O)O)CCOC(C)C3)CC2)ccc1-c1cccc(OCCN)c1. The highest BCUT2D eigenvalue weighted by atomic mass is 32.2. The first-order valence-electron chi connectivity index (χ1n) is 12.6. The normalized spacial score (nSPS) is 23.9. The van der Waals surface area contributed by atoms with E-state index in [1.165, 1.54) is 9.87 Å². The molecule has 9 heteroatoms. The smallest absolute Gasteiger partial charge is 0.326 e. The molecule has 3 N–H and O–H groups in total. The van der Waals surface area contributed by atoms with Crippen LogP contribution in [0.15, 0.2) is 42.5 Å². The lowest BCUT2D eigenvalue weighted by molar-refractivity contribution is -0.144. The van der Waals surface area contributed by atoms with E-state index in [-0.39, 0.29) is 25.4 Å². The van der Waals surface area contributed by atoms with E-state index < -0.39 is 26.8 Å². The van der Waals surface area contributed by atoms with Crippen molar-refractivity contribution in [2.24, 2.45) is 5.73 Å². The number of piperidine rings is 1. The van der Waals surface area contributed by atoms with Gasteiger partial charge in [0.15, 0.2) is 4.75 Å². The number of carbonyl (C=O) groups is 1. The van der Waals surface area contributed by atoms with Crippen LogP contribution in [-0.4, -0.2) is 67.5 Å². The zero-order valence-corrected chi connectivity index (χ0v) is 21.8. The van der Waals surface area contributed by atoms with Crippen molar-refractivity contribution in [2.45, 2.75) is 56.3 Å². The molecule has 0 spiro atoms. The van der Waals surface area contributed by atoms with Gasteiger partial charge in [-0.25, -0.2) is 12.7 Å². The molecule has 36 heavy (non-hydrogen) atoms. The number of sulfonamides is 1. The van der Waals surface area contributed by atoms with E-state index in [4.69, 9.17) is 15.2 Å². The van der Waals surface area contributed by atoms with E-state index in [0.717, 1.165) is 22.4 Å². The van der Waals surface area contributed by atoms with Crippen LogP contribution < -0.4 is 10.5 Å². The molecule has 2 atom stereocenters. The molecule has 2 saturated heterocycles. The van der Waals surface area contributed by atoms with Crippen LogP contribution in [-0.2, 0) is 19.6 Å². The lowest BCUT2D eigenvalue weighted by Gasteiger charge is -2.41. The zero-order chi connectivity index (χ0) is 25.9. The van der Waals surface area contributed by atoms with E-state index in [9.17, 15) is 18.3 Å². The molecule has 2 heterocycles. The Hall–Kier alpha value is -2.46. The van der Waals surface area contributed by atoms with Crippen LogP contribution in [0.2, 0.25) is 0 Å². The van der Waals surface area contributed by atoms with Gasteiger partial charge in [0.2, 0.25) is 10.0 Å². The number of nitrogens with two attached hydrogens (primary N) is 1.